The molecule has 48 valence electrons. The molecule has 0 aromatic rings. The predicted octanol–water partition coefficient (Wildman–Crippen LogP) is -2.17. The van der Waals surface area contributed by atoms with Gasteiger partial charge in [-0.25, -0.2) is 5.01 Å². The third kappa shape index (κ3) is 0.976. The van der Waals surface area contributed by atoms with Gasteiger partial charge in [0.2, 0.25) is 0 Å². The molecule has 0 spiro atoms. The van der Waals surface area contributed by atoms with E-state index in [4.69, 9.17) is 17.3 Å². The molecule has 0 aromatic heterocycles. The number of hydrogen-bond donors (Lipinski definition) is 3. The summed E-state index contributed by atoms with van der Waals surface area (Å²) in [5.74, 6) is 5.39. The van der Waals surface area contributed by atoms with Crippen LogP contribution >= 0.6 is 0 Å². The highest BCUT2D eigenvalue weighted by atomic mass is 15.4. The van der Waals surface area contributed by atoms with E-state index in [0.717, 1.165) is 13.1 Å². The SMILES string of the molecule is N[C@@H]1CN(N)C[C@@H]1N. The Bertz CT molecular complexity index is 74.1. The summed E-state index contributed by atoms with van der Waals surface area (Å²) >= 11 is 0. The maximum absolute atomic E-state index is 5.52. The molecule has 0 amide bonds. The number of nitrogens with two attached hydrogens (primary N) is 3. The van der Waals surface area contributed by atoms with E-state index in [2.05, 4.69) is 0 Å². The van der Waals surface area contributed by atoms with Gasteiger partial charge >= 0.3 is 0 Å². The van der Waals surface area contributed by atoms with Crippen molar-refractivity contribution in [1.29, 1.82) is 0 Å². The second kappa shape index (κ2) is 1.99. The molecule has 1 rings (SSSR count). The predicted molar refractivity (Wildman–Crippen MR) is 31.7 cm³/mol. The molecule has 1 fully saturated rings. The van der Waals surface area contributed by atoms with Crippen LogP contribution in [0.5, 0.6) is 0 Å². The Labute approximate surface area is 48.6 Å². The van der Waals surface area contributed by atoms with Crippen molar-refractivity contribution in [3.63, 3.8) is 0 Å². The van der Waals surface area contributed by atoms with Crippen LogP contribution in [0.4, 0.5) is 0 Å². The van der Waals surface area contributed by atoms with Gasteiger partial charge in [-0.15, -0.1) is 0 Å². The molecule has 1 aliphatic rings. The zero-order chi connectivity index (χ0) is 6.15. The fourth-order valence-corrected chi connectivity index (χ4v) is 0.887. The van der Waals surface area contributed by atoms with Gasteiger partial charge in [0.05, 0.1) is 0 Å². The monoisotopic (exact) mass is 116 g/mol. The molecular weight excluding hydrogens is 104 g/mol. The van der Waals surface area contributed by atoms with E-state index in [1.165, 1.54) is 0 Å². The summed E-state index contributed by atoms with van der Waals surface area (Å²) in [5.41, 5.74) is 11.0. The number of hydrazine groups is 1. The first-order chi connectivity index (χ1) is 3.70. The number of nitrogens with zero attached hydrogens (tertiary/aromatic N) is 1. The van der Waals surface area contributed by atoms with Crippen molar-refractivity contribution in [2.75, 3.05) is 13.1 Å². The normalized spacial score (nSPS) is 40.9. The van der Waals surface area contributed by atoms with Crippen molar-refractivity contribution >= 4 is 0 Å². The summed E-state index contributed by atoms with van der Waals surface area (Å²) < 4.78 is 0. The Balaban J connectivity index is 2.39. The summed E-state index contributed by atoms with van der Waals surface area (Å²) in [6.07, 6.45) is 0. The molecule has 0 aromatic carbocycles. The molecular formula is C4H12N4. The van der Waals surface area contributed by atoms with Gasteiger partial charge in [0.1, 0.15) is 0 Å². The zero-order valence-electron chi connectivity index (χ0n) is 4.75. The maximum Gasteiger partial charge on any atom is 0.0349 e. The lowest BCUT2D eigenvalue weighted by Crippen LogP contribution is -2.39. The van der Waals surface area contributed by atoms with E-state index in [1.54, 1.807) is 5.01 Å². The first-order valence-electron chi connectivity index (χ1n) is 2.71. The lowest BCUT2D eigenvalue weighted by Gasteiger charge is -2.03. The van der Waals surface area contributed by atoms with Gasteiger partial charge in [0.25, 0.3) is 0 Å². The van der Waals surface area contributed by atoms with E-state index in [-0.39, 0.29) is 12.1 Å². The Kier molecular flexibility index (Phi) is 1.48. The molecule has 4 heteroatoms. The van der Waals surface area contributed by atoms with Crippen LogP contribution in [0.2, 0.25) is 0 Å². The topological polar surface area (TPSA) is 81.3 Å². The van der Waals surface area contributed by atoms with Crippen LogP contribution in [0.3, 0.4) is 0 Å². The zero-order valence-corrected chi connectivity index (χ0v) is 4.75. The standard InChI is InChI=1S/C4H12N4/c5-3-1-8(7)2-4(3)6/h3-4H,1-2,5-7H2/t3-,4+. The molecule has 0 unspecified atom stereocenters. The largest absolute Gasteiger partial charge is 0.325 e. The first kappa shape index (κ1) is 5.97. The van der Waals surface area contributed by atoms with Crippen LogP contribution in [0, 0.1) is 0 Å². The van der Waals surface area contributed by atoms with Gasteiger partial charge in [-0.05, 0) is 0 Å². The fourth-order valence-electron chi connectivity index (χ4n) is 0.887. The third-order valence-electron chi connectivity index (χ3n) is 1.44. The minimum absolute atomic E-state index is 0.0694. The summed E-state index contributed by atoms with van der Waals surface area (Å²) in [6.45, 7) is 1.45. The van der Waals surface area contributed by atoms with Crippen molar-refractivity contribution in [2.45, 2.75) is 12.1 Å². The summed E-state index contributed by atoms with van der Waals surface area (Å²) in [6, 6.07) is 0.139. The van der Waals surface area contributed by atoms with Crippen molar-refractivity contribution < 1.29 is 0 Å². The summed E-state index contributed by atoms with van der Waals surface area (Å²) in [5, 5.41) is 1.65. The molecule has 8 heavy (non-hydrogen) atoms. The summed E-state index contributed by atoms with van der Waals surface area (Å²) in [4.78, 5) is 0. The van der Waals surface area contributed by atoms with E-state index in [9.17, 15) is 0 Å². The highest BCUT2D eigenvalue weighted by Gasteiger charge is 2.24. The van der Waals surface area contributed by atoms with E-state index < -0.39 is 0 Å². The van der Waals surface area contributed by atoms with Crippen LogP contribution in [0.15, 0.2) is 0 Å². The molecule has 2 atom stereocenters. The molecule has 4 nitrogen and oxygen atoms in total. The minimum atomic E-state index is 0.0694. The molecule has 0 bridgehead atoms. The van der Waals surface area contributed by atoms with Crippen LogP contribution in [0.1, 0.15) is 0 Å². The quantitative estimate of drug-likeness (QED) is 0.315. The van der Waals surface area contributed by atoms with Crippen molar-refractivity contribution in [2.24, 2.45) is 17.3 Å². The van der Waals surface area contributed by atoms with Crippen molar-refractivity contribution in [3.05, 3.63) is 0 Å². The average Bonchev–Trinajstić information content (AvgIpc) is 1.85. The van der Waals surface area contributed by atoms with Crippen LogP contribution < -0.4 is 17.3 Å². The van der Waals surface area contributed by atoms with Crippen molar-refractivity contribution in [3.8, 4) is 0 Å². The smallest absolute Gasteiger partial charge is 0.0349 e. The highest BCUT2D eigenvalue weighted by molar-refractivity contribution is 4.86. The molecule has 0 aliphatic carbocycles. The first-order valence-corrected chi connectivity index (χ1v) is 2.71. The minimum Gasteiger partial charge on any atom is -0.325 e. The van der Waals surface area contributed by atoms with E-state index >= 15 is 0 Å². The van der Waals surface area contributed by atoms with Crippen LogP contribution in [0.25, 0.3) is 0 Å². The van der Waals surface area contributed by atoms with Gasteiger partial charge in [-0.1, -0.05) is 0 Å². The van der Waals surface area contributed by atoms with Gasteiger partial charge < -0.3 is 11.5 Å². The second-order valence-corrected chi connectivity index (χ2v) is 2.28. The van der Waals surface area contributed by atoms with Gasteiger partial charge in [0, 0.05) is 25.2 Å². The fraction of sp³-hybridized carbons (Fsp3) is 1.00. The molecule has 1 saturated heterocycles. The lowest BCUT2D eigenvalue weighted by atomic mass is 10.2. The Morgan fingerprint density at radius 1 is 1.12 bits per heavy atom. The average molecular weight is 116 g/mol. The Morgan fingerprint density at radius 3 is 1.62 bits per heavy atom. The van der Waals surface area contributed by atoms with E-state index in [1.807, 2.05) is 0 Å². The number of rotatable bonds is 0. The van der Waals surface area contributed by atoms with Gasteiger partial charge in [-0.3, -0.25) is 5.84 Å². The molecule has 1 heterocycles. The lowest BCUT2D eigenvalue weighted by molar-refractivity contribution is 0.346. The Morgan fingerprint density at radius 2 is 1.50 bits per heavy atom. The van der Waals surface area contributed by atoms with Crippen LogP contribution in [-0.4, -0.2) is 30.2 Å². The second-order valence-electron chi connectivity index (χ2n) is 2.28. The molecule has 0 saturated carbocycles. The van der Waals surface area contributed by atoms with Gasteiger partial charge in [-0.2, -0.15) is 0 Å². The summed E-state index contributed by atoms with van der Waals surface area (Å²) in [7, 11) is 0. The molecule has 1 aliphatic heterocycles. The van der Waals surface area contributed by atoms with Gasteiger partial charge in [0.15, 0.2) is 0 Å². The third-order valence-corrected chi connectivity index (χ3v) is 1.44. The highest BCUT2D eigenvalue weighted by Crippen LogP contribution is 1.99. The van der Waals surface area contributed by atoms with Crippen LogP contribution in [-0.2, 0) is 0 Å². The van der Waals surface area contributed by atoms with E-state index in [0.29, 0.717) is 0 Å². The number of hydrogen-bond acceptors (Lipinski definition) is 4. The maximum atomic E-state index is 5.52. The van der Waals surface area contributed by atoms with Crippen molar-refractivity contribution in [1.82, 2.24) is 5.01 Å². The molecule has 6 N–H and O–H groups in total. The molecule has 0 radical (unpaired) electrons. The Hall–Kier alpha value is -0.160.